The summed E-state index contributed by atoms with van der Waals surface area (Å²) in [5.41, 5.74) is -2.91. The van der Waals surface area contributed by atoms with Crippen LogP contribution in [0.1, 0.15) is 20.7 Å². The van der Waals surface area contributed by atoms with E-state index >= 15 is 0 Å². The van der Waals surface area contributed by atoms with E-state index < -0.39 is 45.0 Å². The van der Waals surface area contributed by atoms with Gasteiger partial charge in [0.05, 0.1) is 4.47 Å². The monoisotopic (exact) mass is 298 g/mol. The Bertz CT molecular complexity index is 460. The van der Waals surface area contributed by atoms with Crippen molar-refractivity contribution in [3.63, 3.8) is 0 Å². The molecule has 1 aromatic carbocycles. The number of hydrogen-bond donors (Lipinski definition) is 2. The van der Waals surface area contributed by atoms with Crippen LogP contribution in [0.3, 0.4) is 0 Å². The van der Waals surface area contributed by atoms with Gasteiger partial charge >= 0.3 is 11.9 Å². The average Bonchev–Trinajstić information content (AvgIpc) is 2.13. The molecule has 0 saturated heterocycles. The largest absolute Gasteiger partial charge is 0.478 e. The summed E-state index contributed by atoms with van der Waals surface area (Å²) < 4.78 is 38.3. The molecule has 0 spiro atoms. The van der Waals surface area contributed by atoms with Crippen molar-refractivity contribution in [1.29, 1.82) is 0 Å². The van der Waals surface area contributed by atoms with E-state index in [0.717, 1.165) is 0 Å². The van der Waals surface area contributed by atoms with Crippen LogP contribution in [0.4, 0.5) is 13.2 Å². The summed E-state index contributed by atoms with van der Waals surface area (Å²) in [6, 6.07) is 0. The Labute approximate surface area is 94.4 Å². The predicted octanol–water partition coefficient (Wildman–Crippen LogP) is 2.26. The molecule has 2 N–H and O–H groups in total. The number of benzene rings is 1. The molecule has 0 aromatic heterocycles. The van der Waals surface area contributed by atoms with Crippen LogP contribution in [0, 0.1) is 17.5 Å². The Balaban J connectivity index is 3.80. The molecule has 1 rings (SSSR count). The van der Waals surface area contributed by atoms with Crippen LogP contribution in [0.15, 0.2) is 4.47 Å². The van der Waals surface area contributed by atoms with Gasteiger partial charge in [-0.3, -0.25) is 0 Å². The van der Waals surface area contributed by atoms with Crippen molar-refractivity contribution in [1.82, 2.24) is 0 Å². The van der Waals surface area contributed by atoms with Crippen molar-refractivity contribution in [2.24, 2.45) is 0 Å². The standard InChI is InChI=1S/C8H2BrF3O4/c9-3-1(7(13)14)4(10)2(8(15)16)5(11)6(3)12/h(H,13,14)(H,15,16). The summed E-state index contributed by atoms with van der Waals surface area (Å²) >= 11 is 2.34. The van der Waals surface area contributed by atoms with Crippen LogP contribution in [0.25, 0.3) is 0 Å². The summed E-state index contributed by atoms with van der Waals surface area (Å²) in [5.74, 6) is -9.57. The van der Waals surface area contributed by atoms with E-state index in [9.17, 15) is 22.8 Å². The van der Waals surface area contributed by atoms with Crippen molar-refractivity contribution in [3.8, 4) is 0 Å². The topological polar surface area (TPSA) is 74.6 Å². The molecule has 0 bridgehead atoms. The van der Waals surface area contributed by atoms with Crippen LogP contribution < -0.4 is 0 Å². The molecule has 1 aromatic rings. The van der Waals surface area contributed by atoms with Gasteiger partial charge in [-0.1, -0.05) is 0 Å². The van der Waals surface area contributed by atoms with Gasteiger partial charge in [0, 0.05) is 0 Å². The third-order valence-corrected chi connectivity index (χ3v) is 2.44. The van der Waals surface area contributed by atoms with Gasteiger partial charge in [-0.15, -0.1) is 0 Å². The van der Waals surface area contributed by atoms with Crippen LogP contribution in [-0.4, -0.2) is 22.2 Å². The maximum absolute atomic E-state index is 13.3. The Kier molecular flexibility index (Phi) is 3.22. The van der Waals surface area contributed by atoms with E-state index in [1.165, 1.54) is 0 Å². The van der Waals surface area contributed by atoms with Gasteiger partial charge in [0.15, 0.2) is 17.5 Å². The van der Waals surface area contributed by atoms with Crippen molar-refractivity contribution < 1.29 is 33.0 Å². The summed E-state index contributed by atoms with van der Waals surface area (Å²) in [5, 5.41) is 16.9. The van der Waals surface area contributed by atoms with Crippen molar-refractivity contribution in [2.75, 3.05) is 0 Å². The summed E-state index contributed by atoms with van der Waals surface area (Å²) in [7, 11) is 0. The van der Waals surface area contributed by atoms with Gasteiger partial charge in [-0.2, -0.15) is 0 Å². The maximum atomic E-state index is 13.3. The fraction of sp³-hybridized carbons (Fsp3) is 0. The molecule has 0 atom stereocenters. The lowest BCUT2D eigenvalue weighted by atomic mass is 10.1. The first-order valence-electron chi connectivity index (χ1n) is 3.61. The van der Waals surface area contributed by atoms with Crippen LogP contribution in [0.5, 0.6) is 0 Å². The van der Waals surface area contributed by atoms with Crippen LogP contribution in [0.2, 0.25) is 0 Å². The van der Waals surface area contributed by atoms with Gasteiger partial charge in [0.2, 0.25) is 0 Å². The van der Waals surface area contributed by atoms with E-state index in [2.05, 4.69) is 15.9 Å². The SMILES string of the molecule is O=C(O)c1c(F)c(F)c(Br)c(C(=O)O)c1F. The Morgan fingerprint density at radius 1 is 0.875 bits per heavy atom. The summed E-state index contributed by atoms with van der Waals surface area (Å²) in [6.07, 6.45) is 0. The molecule has 16 heavy (non-hydrogen) atoms. The Morgan fingerprint density at radius 2 is 1.31 bits per heavy atom. The molecule has 0 aliphatic carbocycles. The fourth-order valence-corrected chi connectivity index (χ4v) is 1.53. The van der Waals surface area contributed by atoms with Gasteiger partial charge in [-0.05, 0) is 15.9 Å². The van der Waals surface area contributed by atoms with Gasteiger partial charge in [0.1, 0.15) is 11.1 Å². The molecule has 0 fully saturated rings. The van der Waals surface area contributed by atoms with Gasteiger partial charge in [0.25, 0.3) is 0 Å². The molecule has 0 amide bonds. The number of carboxylic acids is 2. The number of carboxylic acid groups (broad SMARTS) is 2. The van der Waals surface area contributed by atoms with Gasteiger partial charge < -0.3 is 10.2 Å². The third-order valence-electron chi connectivity index (χ3n) is 1.69. The van der Waals surface area contributed by atoms with Crippen LogP contribution in [-0.2, 0) is 0 Å². The number of aromatic carboxylic acids is 2. The lowest BCUT2D eigenvalue weighted by molar-refractivity contribution is 0.0681. The molecule has 0 unspecified atom stereocenters. The lowest BCUT2D eigenvalue weighted by Gasteiger charge is -2.07. The van der Waals surface area contributed by atoms with E-state index in [-0.39, 0.29) is 0 Å². The van der Waals surface area contributed by atoms with E-state index in [1.807, 2.05) is 0 Å². The van der Waals surface area contributed by atoms with Crippen LogP contribution >= 0.6 is 15.9 Å². The Morgan fingerprint density at radius 3 is 1.69 bits per heavy atom. The maximum Gasteiger partial charge on any atom is 0.341 e. The second-order valence-electron chi connectivity index (χ2n) is 2.62. The molecule has 4 nitrogen and oxygen atoms in total. The normalized spacial score (nSPS) is 10.2. The highest BCUT2D eigenvalue weighted by Gasteiger charge is 2.30. The minimum atomic E-state index is -2.09. The predicted molar refractivity (Wildman–Crippen MR) is 47.9 cm³/mol. The Hall–Kier alpha value is -1.57. The molecule has 0 saturated carbocycles. The number of carbonyl (C=O) groups is 2. The van der Waals surface area contributed by atoms with Crippen molar-refractivity contribution in [2.45, 2.75) is 0 Å². The first-order chi connectivity index (χ1) is 7.29. The number of hydrogen-bond acceptors (Lipinski definition) is 2. The summed E-state index contributed by atoms with van der Waals surface area (Å²) in [6.45, 7) is 0. The molecule has 0 aliphatic heterocycles. The molecular weight excluding hydrogens is 297 g/mol. The molecule has 86 valence electrons. The van der Waals surface area contributed by atoms with Crippen molar-refractivity contribution in [3.05, 3.63) is 33.1 Å². The van der Waals surface area contributed by atoms with E-state index in [0.29, 0.717) is 0 Å². The third kappa shape index (κ3) is 1.75. The molecule has 0 radical (unpaired) electrons. The van der Waals surface area contributed by atoms with Gasteiger partial charge in [-0.25, -0.2) is 22.8 Å². The fourth-order valence-electron chi connectivity index (χ4n) is 1.01. The molecular formula is C8H2BrF3O4. The second-order valence-corrected chi connectivity index (χ2v) is 3.41. The lowest BCUT2D eigenvalue weighted by Crippen LogP contribution is -2.14. The first-order valence-corrected chi connectivity index (χ1v) is 4.40. The molecule has 0 heterocycles. The average molecular weight is 299 g/mol. The van der Waals surface area contributed by atoms with E-state index in [4.69, 9.17) is 10.2 Å². The molecule has 0 aliphatic rings. The minimum Gasteiger partial charge on any atom is -0.478 e. The minimum absolute atomic E-state index is 0.972. The number of halogens is 4. The first kappa shape index (κ1) is 12.5. The summed E-state index contributed by atoms with van der Waals surface area (Å²) in [4.78, 5) is 21.0. The zero-order valence-corrected chi connectivity index (χ0v) is 8.81. The highest BCUT2D eigenvalue weighted by Crippen LogP contribution is 2.29. The highest BCUT2D eigenvalue weighted by molar-refractivity contribution is 9.10. The molecule has 8 heteroatoms. The zero-order valence-electron chi connectivity index (χ0n) is 7.22. The van der Waals surface area contributed by atoms with E-state index in [1.54, 1.807) is 0 Å². The quantitative estimate of drug-likeness (QED) is 0.649. The highest BCUT2D eigenvalue weighted by atomic mass is 79.9. The zero-order chi connectivity index (χ0) is 12.6. The van der Waals surface area contributed by atoms with Crippen molar-refractivity contribution >= 4 is 27.9 Å². The smallest absolute Gasteiger partial charge is 0.341 e. The number of rotatable bonds is 2. The second kappa shape index (κ2) is 4.12.